The molecular weight excluding hydrogens is 340 g/mol. The summed E-state index contributed by atoms with van der Waals surface area (Å²) in [5, 5.41) is 3.96. The normalized spacial score (nSPS) is 10.7. The lowest BCUT2D eigenvalue weighted by molar-refractivity contribution is -0.147. The van der Waals surface area contributed by atoms with Crippen molar-refractivity contribution in [1.82, 2.24) is 4.98 Å². The summed E-state index contributed by atoms with van der Waals surface area (Å²) in [6.45, 7) is 3.62. The molecule has 0 saturated carbocycles. The Labute approximate surface area is 158 Å². The van der Waals surface area contributed by atoms with Crippen LogP contribution in [0.4, 0.5) is 5.69 Å². The maximum Gasteiger partial charge on any atom is 0.306 e. The molecule has 0 aliphatic carbocycles. The number of ether oxygens (including phenoxy) is 1. The zero-order valence-electron chi connectivity index (χ0n) is 15.7. The molecule has 1 amide bonds. The Morgan fingerprint density at radius 2 is 1.93 bits per heavy atom. The Kier molecular flexibility index (Phi) is 5.91. The molecule has 0 atom stereocenters. The van der Waals surface area contributed by atoms with Crippen molar-refractivity contribution in [2.24, 2.45) is 0 Å². The lowest BCUT2D eigenvalue weighted by Crippen LogP contribution is -2.21. The fraction of sp³-hybridized carbons (Fsp3) is 0.273. The van der Waals surface area contributed by atoms with Crippen molar-refractivity contribution < 1.29 is 14.3 Å². The topological polar surface area (TPSA) is 71.2 Å². The highest BCUT2D eigenvalue weighted by Crippen LogP contribution is 2.19. The maximum absolute atomic E-state index is 12.0. The molecule has 0 spiro atoms. The van der Waals surface area contributed by atoms with Crippen LogP contribution in [-0.4, -0.2) is 23.5 Å². The summed E-state index contributed by atoms with van der Waals surface area (Å²) in [5.74, 6) is -0.681. The smallest absolute Gasteiger partial charge is 0.306 e. The third kappa shape index (κ3) is 4.97. The van der Waals surface area contributed by atoms with Crippen molar-refractivity contribution in [2.75, 3.05) is 11.9 Å². The van der Waals surface area contributed by atoms with E-state index in [1.165, 1.54) is 10.9 Å². The average Bonchev–Trinajstić information content (AvgIpc) is 3.06. The number of aromatic amines is 1. The molecule has 0 fully saturated rings. The molecule has 0 unspecified atom stereocenters. The number of rotatable bonds is 7. The van der Waals surface area contributed by atoms with E-state index in [0.717, 1.165) is 28.8 Å². The molecule has 5 heteroatoms. The number of nitrogens with one attached hydrogen (secondary N) is 2. The second-order valence-corrected chi connectivity index (χ2v) is 6.74. The summed E-state index contributed by atoms with van der Waals surface area (Å²) in [6, 6.07) is 13.9. The number of amides is 1. The molecule has 0 bridgehead atoms. The highest BCUT2D eigenvalue weighted by molar-refractivity contribution is 5.93. The van der Waals surface area contributed by atoms with Crippen LogP contribution in [0, 0.1) is 13.8 Å². The van der Waals surface area contributed by atoms with E-state index in [9.17, 15) is 9.59 Å². The fourth-order valence-corrected chi connectivity index (χ4v) is 3.04. The van der Waals surface area contributed by atoms with Crippen molar-refractivity contribution in [3.8, 4) is 0 Å². The molecule has 0 aliphatic rings. The Morgan fingerprint density at radius 1 is 1.11 bits per heavy atom. The van der Waals surface area contributed by atoms with Crippen LogP contribution in [-0.2, 0) is 20.7 Å². The second kappa shape index (κ2) is 8.54. The van der Waals surface area contributed by atoms with Gasteiger partial charge in [0.15, 0.2) is 6.61 Å². The van der Waals surface area contributed by atoms with Gasteiger partial charge in [-0.3, -0.25) is 9.59 Å². The van der Waals surface area contributed by atoms with Gasteiger partial charge in [0.25, 0.3) is 5.91 Å². The van der Waals surface area contributed by atoms with Gasteiger partial charge in [0.1, 0.15) is 0 Å². The summed E-state index contributed by atoms with van der Waals surface area (Å²) in [6.07, 6.45) is 3.73. The lowest BCUT2D eigenvalue weighted by Gasteiger charge is -2.10. The quantitative estimate of drug-likeness (QED) is 0.614. The van der Waals surface area contributed by atoms with Gasteiger partial charge in [-0.2, -0.15) is 0 Å². The number of fused-ring (bicyclic) bond motifs is 1. The van der Waals surface area contributed by atoms with E-state index in [4.69, 9.17) is 4.74 Å². The fourth-order valence-electron chi connectivity index (χ4n) is 3.04. The molecule has 0 aliphatic heterocycles. The van der Waals surface area contributed by atoms with Gasteiger partial charge in [-0.25, -0.2) is 0 Å². The number of para-hydroxylation sites is 1. The number of hydrogen-bond donors (Lipinski definition) is 2. The van der Waals surface area contributed by atoms with Crippen LogP contribution in [0.15, 0.2) is 48.7 Å². The molecule has 5 nitrogen and oxygen atoms in total. The monoisotopic (exact) mass is 364 g/mol. The van der Waals surface area contributed by atoms with E-state index in [-0.39, 0.29) is 24.9 Å². The molecule has 0 radical (unpaired) electrons. The maximum atomic E-state index is 12.0. The zero-order valence-corrected chi connectivity index (χ0v) is 15.7. The first-order valence-electron chi connectivity index (χ1n) is 9.10. The predicted octanol–water partition coefficient (Wildman–Crippen LogP) is 4.29. The van der Waals surface area contributed by atoms with Gasteiger partial charge in [0, 0.05) is 29.2 Å². The average molecular weight is 364 g/mol. The van der Waals surface area contributed by atoms with Crippen LogP contribution in [0.1, 0.15) is 29.5 Å². The largest absolute Gasteiger partial charge is 0.456 e. The SMILES string of the molecule is Cc1ccc(C)c(NC(=O)COC(=O)CCCc2c[nH]c3ccccc23)c1. The highest BCUT2D eigenvalue weighted by Gasteiger charge is 2.10. The van der Waals surface area contributed by atoms with Crippen LogP contribution >= 0.6 is 0 Å². The van der Waals surface area contributed by atoms with E-state index >= 15 is 0 Å². The zero-order chi connectivity index (χ0) is 19.2. The first-order chi connectivity index (χ1) is 13.0. The molecule has 27 heavy (non-hydrogen) atoms. The van der Waals surface area contributed by atoms with Gasteiger partial charge < -0.3 is 15.0 Å². The van der Waals surface area contributed by atoms with Gasteiger partial charge in [-0.05, 0) is 55.5 Å². The summed E-state index contributed by atoms with van der Waals surface area (Å²) in [4.78, 5) is 27.1. The Balaban J connectivity index is 1.41. The van der Waals surface area contributed by atoms with Gasteiger partial charge in [0.2, 0.25) is 0 Å². The minimum Gasteiger partial charge on any atom is -0.456 e. The van der Waals surface area contributed by atoms with Crippen molar-refractivity contribution in [3.63, 3.8) is 0 Å². The summed E-state index contributed by atoms with van der Waals surface area (Å²) >= 11 is 0. The molecule has 2 N–H and O–H groups in total. The van der Waals surface area contributed by atoms with E-state index in [1.54, 1.807) is 0 Å². The number of H-pyrrole nitrogens is 1. The number of aryl methyl sites for hydroxylation is 3. The molecule has 140 valence electrons. The minimum atomic E-state index is -0.356. The van der Waals surface area contributed by atoms with Crippen LogP contribution < -0.4 is 5.32 Å². The molecule has 1 heterocycles. The Bertz CT molecular complexity index is 959. The van der Waals surface area contributed by atoms with Gasteiger partial charge >= 0.3 is 5.97 Å². The molecule has 2 aromatic carbocycles. The third-order valence-electron chi connectivity index (χ3n) is 4.53. The molecule has 3 aromatic rings. The molecular formula is C22H24N2O3. The van der Waals surface area contributed by atoms with E-state index < -0.39 is 0 Å². The third-order valence-corrected chi connectivity index (χ3v) is 4.53. The first kappa shape index (κ1) is 18.7. The molecule has 3 rings (SSSR count). The Hall–Kier alpha value is -3.08. The highest BCUT2D eigenvalue weighted by atomic mass is 16.5. The van der Waals surface area contributed by atoms with E-state index in [0.29, 0.717) is 6.42 Å². The summed E-state index contributed by atoms with van der Waals surface area (Å²) in [5.41, 5.74) is 5.06. The number of anilines is 1. The first-order valence-corrected chi connectivity index (χ1v) is 9.10. The molecule has 1 aromatic heterocycles. The van der Waals surface area contributed by atoms with Crippen LogP contribution in [0.5, 0.6) is 0 Å². The van der Waals surface area contributed by atoms with Gasteiger partial charge in [-0.1, -0.05) is 30.3 Å². The van der Waals surface area contributed by atoms with Gasteiger partial charge in [0.05, 0.1) is 0 Å². The van der Waals surface area contributed by atoms with Crippen molar-refractivity contribution in [2.45, 2.75) is 33.1 Å². The van der Waals surface area contributed by atoms with E-state index in [1.807, 2.05) is 56.4 Å². The summed E-state index contributed by atoms with van der Waals surface area (Å²) in [7, 11) is 0. The number of carbonyl (C=O) groups excluding carboxylic acids is 2. The minimum absolute atomic E-state index is 0.265. The van der Waals surface area contributed by atoms with Crippen LogP contribution in [0.25, 0.3) is 10.9 Å². The number of benzene rings is 2. The standard InChI is InChI=1S/C22H24N2O3/c1-15-10-11-16(2)20(12-15)24-21(25)14-27-22(26)9-5-6-17-13-23-19-8-4-3-7-18(17)19/h3-4,7-8,10-13,23H,5-6,9,14H2,1-2H3,(H,24,25). The van der Waals surface area contributed by atoms with Crippen molar-refractivity contribution >= 4 is 28.5 Å². The van der Waals surface area contributed by atoms with Crippen LogP contribution in [0.3, 0.4) is 0 Å². The number of aromatic nitrogens is 1. The second-order valence-electron chi connectivity index (χ2n) is 6.74. The van der Waals surface area contributed by atoms with Crippen molar-refractivity contribution in [1.29, 1.82) is 0 Å². The number of esters is 1. The summed E-state index contributed by atoms with van der Waals surface area (Å²) < 4.78 is 5.09. The van der Waals surface area contributed by atoms with Crippen LogP contribution in [0.2, 0.25) is 0 Å². The predicted molar refractivity (Wildman–Crippen MR) is 107 cm³/mol. The Morgan fingerprint density at radius 3 is 2.78 bits per heavy atom. The molecule has 0 saturated heterocycles. The van der Waals surface area contributed by atoms with Gasteiger partial charge in [-0.15, -0.1) is 0 Å². The lowest BCUT2D eigenvalue weighted by atomic mass is 10.1. The van der Waals surface area contributed by atoms with E-state index in [2.05, 4.69) is 16.4 Å². The number of carbonyl (C=O) groups is 2. The number of hydrogen-bond acceptors (Lipinski definition) is 3. The van der Waals surface area contributed by atoms with Crippen molar-refractivity contribution in [3.05, 3.63) is 65.4 Å².